The molecule has 0 aromatic heterocycles. The van der Waals surface area contributed by atoms with Gasteiger partial charge in [0.1, 0.15) is 17.2 Å². The standard InChI is InChI=1S/C22H22O6/c1-4-25-18-9-7-6-8-15(18)12-20-21(23)17-11-10-16(13-19(17)28-20)27-14(3)22(24)26-5-2/h6-14H,4-5H2,1-3H3. The van der Waals surface area contributed by atoms with E-state index in [1.807, 2.05) is 31.2 Å². The van der Waals surface area contributed by atoms with Gasteiger partial charge < -0.3 is 18.9 Å². The van der Waals surface area contributed by atoms with Crippen molar-refractivity contribution in [2.75, 3.05) is 13.2 Å². The van der Waals surface area contributed by atoms with Crippen LogP contribution in [0.4, 0.5) is 0 Å². The number of hydrogen-bond acceptors (Lipinski definition) is 6. The summed E-state index contributed by atoms with van der Waals surface area (Å²) in [6, 6.07) is 12.3. The van der Waals surface area contributed by atoms with Crippen molar-refractivity contribution >= 4 is 17.8 Å². The summed E-state index contributed by atoms with van der Waals surface area (Å²) in [4.78, 5) is 24.4. The zero-order valence-electron chi connectivity index (χ0n) is 16.1. The maximum atomic E-state index is 12.6. The van der Waals surface area contributed by atoms with Crippen molar-refractivity contribution in [1.29, 1.82) is 0 Å². The molecule has 6 heteroatoms. The second-order valence-electron chi connectivity index (χ2n) is 6.08. The second kappa shape index (κ2) is 8.61. The fourth-order valence-corrected chi connectivity index (χ4v) is 2.78. The summed E-state index contributed by atoms with van der Waals surface area (Å²) in [5.41, 5.74) is 1.20. The fraction of sp³-hybridized carbons (Fsp3) is 0.273. The summed E-state index contributed by atoms with van der Waals surface area (Å²) in [5, 5.41) is 0. The summed E-state index contributed by atoms with van der Waals surface area (Å²) < 4.78 is 21.9. The number of benzene rings is 2. The van der Waals surface area contributed by atoms with Crippen molar-refractivity contribution in [3.8, 4) is 17.2 Å². The first kappa shape index (κ1) is 19.5. The zero-order chi connectivity index (χ0) is 20.1. The van der Waals surface area contributed by atoms with Gasteiger partial charge in [-0.05, 0) is 45.0 Å². The van der Waals surface area contributed by atoms with Crippen LogP contribution in [0.3, 0.4) is 0 Å². The van der Waals surface area contributed by atoms with E-state index in [2.05, 4.69) is 0 Å². The molecule has 0 N–H and O–H groups in total. The van der Waals surface area contributed by atoms with Crippen LogP contribution in [0.5, 0.6) is 17.2 Å². The van der Waals surface area contributed by atoms with Gasteiger partial charge in [-0.2, -0.15) is 0 Å². The smallest absolute Gasteiger partial charge is 0.347 e. The molecule has 0 saturated carbocycles. The largest absolute Gasteiger partial charge is 0.493 e. The predicted molar refractivity (Wildman–Crippen MR) is 104 cm³/mol. The van der Waals surface area contributed by atoms with Crippen LogP contribution in [0, 0.1) is 0 Å². The molecule has 2 aromatic carbocycles. The van der Waals surface area contributed by atoms with Crippen LogP contribution >= 0.6 is 0 Å². The number of para-hydroxylation sites is 1. The van der Waals surface area contributed by atoms with Crippen molar-refractivity contribution < 1.29 is 28.5 Å². The van der Waals surface area contributed by atoms with Crippen LogP contribution in [-0.2, 0) is 9.53 Å². The van der Waals surface area contributed by atoms with Gasteiger partial charge in [-0.25, -0.2) is 4.79 Å². The molecular weight excluding hydrogens is 360 g/mol. The van der Waals surface area contributed by atoms with Gasteiger partial charge in [-0.1, -0.05) is 18.2 Å². The Hall–Kier alpha value is -3.28. The van der Waals surface area contributed by atoms with E-state index < -0.39 is 12.1 Å². The number of ketones is 1. The third kappa shape index (κ3) is 4.17. The summed E-state index contributed by atoms with van der Waals surface area (Å²) in [6.07, 6.45) is 0.901. The number of Topliss-reactive ketones (excluding diaryl/α,β-unsaturated/α-hetero) is 1. The Balaban J connectivity index is 1.81. The number of ether oxygens (including phenoxy) is 4. The van der Waals surface area contributed by atoms with Gasteiger partial charge in [-0.3, -0.25) is 4.79 Å². The Kier molecular flexibility index (Phi) is 5.99. The predicted octanol–water partition coefficient (Wildman–Crippen LogP) is 4.03. The molecule has 0 spiro atoms. The molecule has 1 heterocycles. The van der Waals surface area contributed by atoms with Crippen molar-refractivity contribution in [2.24, 2.45) is 0 Å². The lowest BCUT2D eigenvalue weighted by molar-refractivity contribution is -0.150. The lowest BCUT2D eigenvalue weighted by Gasteiger charge is -2.13. The zero-order valence-corrected chi connectivity index (χ0v) is 16.1. The molecule has 1 atom stereocenters. The number of carbonyl (C=O) groups is 2. The second-order valence-corrected chi connectivity index (χ2v) is 6.08. The van der Waals surface area contributed by atoms with E-state index in [-0.39, 0.29) is 18.1 Å². The first-order valence-corrected chi connectivity index (χ1v) is 9.16. The number of carbonyl (C=O) groups excluding carboxylic acids is 2. The molecule has 0 bridgehead atoms. The van der Waals surface area contributed by atoms with Gasteiger partial charge in [0.05, 0.1) is 18.8 Å². The highest BCUT2D eigenvalue weighted by Gasteiger charge is 2.28. The first-order chi connectivity index (χ1) is 13.5. The monoisotopic (exact) mass is 382 g/mol. The highest BCUT2D eigenvalue weighted by Crippen LogP contribution is 2.36. The minimum atomic E-state index is -0.761. The molecule has 0 fully saturated rings. The van der Waals surface area contributed by atoms with Crippen LogP contribution in [0.15, 0.2) is 48.2 Å². The summed E-state index contributed by atoms with van der Waals surface area (Å²) in [5.74, 6) is 1.02. The summed E-state index contributed by atoms with van der Waals surface area (Å²) in [7, 11) is 0. The molecule has 1 aliphatic heterocycles. The summed E-state index contributed by atoms with van der Waals surface area (Å²) in [6.45, 7) is 6.04. The van der Waals surface area contributed by atoms with Gasteiger partial charge >= 0.3 is 5.97 Å². The van der Waals surface area contributed by atoms with E-state index in [4.69, 9.17) is 18.9 Å². The molecule has 28 heavy (non-hydrogen) atoms. The molecule has 6 nitrogen and oxygen atoms in total. The third-order valence-electron chi connectivity index (χ3n) is 4.08. The fourth-order valence-electron chi connectivity index (χ4n) is 2.78. The van der Waals surface area contributed by atoms with Gasteiger partial charge in [0.25, 0.3) is 0 Å². The Morgan fingerprint density at radius 2 is 1.93 bits per heavy atom. The highest BCUT2D eigenvalue weighted by atomic mass is 16.6. The topological polar surface area (TPSA) is 71.1 Å². The maximum absolute atomic E-state index is 12.6. The van der Waals surface area contributed by atoms with Crippen molar-refractivity contribution in [3.63, 3.8) is 0 Å². The van der Waals surface area contributed by atoms with Crippen molar-refractivity contribution in [2.45, 2.75) is 26.9 Å². The Labute approximate surface area is 163 Å². The SMILES string of the molecule is CCOC(=O)C(C)Oc1ccc2c(c1)OC(=Cc1ccccc1OCC)C2=O. The third-order valence-corrected chi connectivity index (χ3v) is 4.08. The van der Waals surface area contributed by atoms with E-state index in [1.165, 1.54) is 0 Å². The normalized spacial score (nSPS) is 15.0. The highest BCUT2D eigenvalue weighted by molar-refractivity contribution is 6.14. The van der Waals surface area contributed by atoms with E-state index in [0.717, 1.165) is 5.56 Å². The average Bonchev–Trinajstić information content (AvgIpc) is 2.98. The van der Waals surface area contributed by atoms with Gasteiger partial charge in [0.15, 0.2) is 11.9 Å². The van der Waals surface area contributed by atoms with E-state index in [0.29, 0.717) is 29.4 Å². The van der Waals surface area contributed by atoms with E-state index in [1.54, 1.807) is 38.1 Å². The molecule has 2 aromatic rings. The lowest BCUT2D eigenvalue weighted by atomic mass is 10.1. The van der Waals surface area contributed by atoms with Crippen LogP contribution in [0.25, 0.3) is 6.08 Å². The van der Waals surface area contributed by atoms with Crippen LogP contribution in [-0.4, -0.2) is 31.1 Å². The van der Waals surface area contributed by atoms with Gasteiger partial charge in [0, 0.05) is 11.6 Å². The van der Waals surface area contributed by atoms with E-state index >= 15 is 0 Å². The quantitative estimate of drug-likeness (QED) is 0.532. The minimum Gasteiger partial charge on any atom is -0.493 e. The van der Waals surface area contributed by atoms with Crippen molar-refractivity contribution in [1.82, 2.24) is 0 Å². The molecule has 3 rings (SSSR count). The lowest BCUT2D eigenvalue weighted by Crippen LogP contribution is -2.26. The molecule has 0 amide bonds. The van der Waals surface area contributed by atoms with Crippen LogP contribution in [0.1, 0.15) is 36.7 Å². The minimum absolute atomic E-state index is 0.206. The van der Waals surface area contributed by atoms with Crippen molar-refractivity contribution in [3.05, 3.63) is 59.4 Å². The molecule has 0 saturated heterocycles. The first-order valence-electron chi connectivity index (χ1n) is 9.16. The Morgan fingerprint density at radius 3 is 2.68 bits per heavy atom. The number of rotatable bonds is 7. The maximum Gasteiger partial charge on any atom is 0.347 e. The van der Waals surface area contributed by atoms with Crippen LogP contribution < -0.4 is 14.2 Å². The number of hydrogen-bond donors (Lipinski definition) is 0. The average molecular weight is 382 g/mol. The molecule has 0 radical (unpaired) electrons. The number of allylic oxidation sites excluding steroid dienone is 1. The van der Waals surface area contributed by atoms with E-state index in [9.17, 15) is 9.59 Å². The Bertz CT molecular complexity index is 915. The molecule has 1 unspecified atom stereocenters. The van der Waals surface area contributed by atoms with Crippen LogP contribution in [0.2, 0.25) is 0 Å². The molecule has 0 aliphatic carbocycles. The number of esters is 1. The number of fused-ring (bicyclic) bond motifs is 1. The Morgan fingerprint density at radius 1 is 1.14 bits per heavy atom. The molecule has 146 valence electrons. The van der Waals surface area contributed by atoms with Gasteiger partial charge in [0.2, 0.25) is 5.78 Å². The van der Waals surface area contributed by atoms with Gasteiger partial charge in [-0.15, -0.1) is 0 Å². The molecule has 1 aliphatic rings. The summed E-state index contributed by atoms with van der Waals surface area (Å²) >= 11 is 0. The molecular formula is C22H22O6.